The number of methoxy groups -OCH3 is 1. The molecule has 0 bridgehead atoms. The second-order valence-corrected chi connectivity index (χ2v) is 5.78. The Morgan fingerprint density at radius 2 is 1.88 bits per heavy atom. The standard InChI is InChI=1S/C19H22ClNO3/c1-4-13-6-9-15(10-7-13)24-17(5-2)19(22)21-16-12-14(20)8-11-18(16)23-3/h6-12,17H,4-5H2,1-3H3,(H,21,22)/t17-/m1/s1. The quantitative estimate of drug-likeness (QED) is 0.789. The first-order valence-electron chi connectivity index (χ1n) is 7.97. The number of amides is 1. The second-order valence-electron chi connectivity index (χ2n) is 5.35. The van der Waals surface area contributed by atoms with E-state index in [1.807, 2.05) is 31.2 Å². The third kappa shape index (κ3) is 4.65. The number of hydrogen-bond acceptors (Lipinski definition) is 3. The molecular formula is C19H22ClNO3. The van der Waals surface area contributed by atoms with Crippen molar-refractivity contribution in [2.75, 3.05) is 12.4 Å². The van der Waals surface area contributed by atoms with Crippen molar-refractivity contribution in [1.82, 2.24) is 0 Å². The van der Waals surface area contributed by atoms with Crippen LogP contribution < -0.4 is 14.8 Å². The van der Waals surface area contributed by atoms with Crippen LogP contribution in [0.15, 0.2) is 42.5 Å². The van der Waals surface area contributed by atoms with Gasteiger partial charge in [0, 0.05) is 5.02 Å². The number of carbonyl (C=O) groups is 1. The van der Waals surface area contributed by atoms with Crippen LogP contribution in [0.3, 0.4) is 0 Å². The summed E-state index contributed by atoms with van der Waals surface area (Å²) >= 11 is 5.99. The van der Waals surface area contributed by atoms with Crippen molar-refractivity contribution in [3.63, 3.8) is 0 Å². The van der Waals surface area contributed by atoms with Crippen LogP contribution >= 0.6 is 11.6 Å². The summed E-state index contributed by atoms with van der Waals surface area (Å²) < 4.78 is 11.1. The molecule has 0 saturated heterocycles. The molecule has 1 atom stereocenters. The summed E-state index contributed by atoms with van der Waals surface area (Å²) in [5.74, 6) is 0.986. The van der Waals surface area contributed by atoms with Crippen LogP contribution in [0.1, 0.15) is 25.8 Å². The van der Waals surface area contributed by atoms with E-state index in [1.54, 1.807) is 25.3 Å². The number of aryl methyl sites for hydroxylation is 1. The molecule has 0 aliphatic carbocycles. The third-order valence-corrected chi connectivity index (χ3v) is 3.93. The molecule has 0 aliphatic heterocycles. The SMILES string of the molecule is CCc1ccc(O[C@H](CC)C(=O)Nc2cc(Cl)ccc2OC)cc1. The minimum Gasteiger partial charge on any atom is -0.495 e. The molecule has 24 heavy (non-hydrogen) atoms. The van der Waals surface area contributed by atoms with Crippen molar-refractivity contribution in [2.24, 2.45) is 0 Å². The van der Waals surface area contributed by atoms with Gasteiger partial charge in [0.05, 0.1) is 12.8 Å². The lowest BCUT2D eigenvalue weighted by Gasteiger charge is -2.18. The maximum absolute atomic E-state index is 12.5. The van der Waals surface area contributed by atoms with Crippen molar-refractivity contribution in [1.29, 1.82) is 0 Å². The molecule has 128 valence electrons. The van der Waals surface area contributed by atoms with E-state index in [-0.39, 0.29) is 5.91 Å². The molecule has 5 heteroatoms. The lowest BCUT2D eigenvalue weighted by molar-refractivity contribution is -0.122. The fourth-order valence-corrected chi connectivity index (χ4v) is 2.45. The van der Waals surface area contributed by atoms with Crippen molar-refractivity contribution in [3.05, 3.63) is 53.1 Å². The largest absolute Gasteiger partial charge is 0.495 e. The number of halogens is 1. The Hall–Kier alpha value is -2.20. The predicted octanol–water partition coefficient (Wildman–Crippen LogP) is 4.71. The van der Waals surface area contributed by atoms with Gasteiger partial charge >= 0.3 is 0 Å². The van der Waals surface area contributed by atoms with Crippen LogP contribution in [0, 0.1) is 0 Å². The van der Waals surface area contributed by atoms with E-state index in [0.29, 0.717) is 28.6 Å². The Morgan fingerprint density at radius 1 is 1.17 bits per heavy atom. The van der Waals surface area contributed by atoms with Crippen LogP contribution in [-0.2, 0) is 11.2 Å². The zero-order chi connectivity index (χ0) is 17.5. The van der Waals surface area contributed by atoms with E-state index in [4.69, 9.17) is 21.1 Å². The predicted molar refractivity (Wildman–Crippen MR) is 97.2 cm³/mol. The molecular weight excluding hydrogens is 326 g/mol. The number of rotatable bonds is 7. The van der Waals surface area contributed by atoms with Gasteiger partial charge in [0.2, 0.25) is 0 Å². The Morgan fingerprint density at radius 3 is 2.46 bits per heavy atom. The molecule has 0 unspecified atom stereocenters. The van der Waals surface area contributed by atoms with Gasteiger partial charge in [-0.15, -0.1) is 0 Å². The molecule has 0 heterocycles. The Balaban J connectivity index is 2.09. The maximum Gasteiger partial charge on any atom is 0.265 e. The molecule has 0 spiro atoms. The number of nitrogens with one attached hydrogen (secondary N) is 1. The molecule has 0 saturated carbocycles. The first kappa shape index (κ1) is 18.1. The number of hydrogen-bond donors (Lipinski definition) is 1. The van der Waals surface area contributed by atoms with Crippen molar-refractivity contribution < 1.29 is 14.3 Å². The van der Waals surface area contributed by atoms with E-state index in [2.05, 4.69) is 12.2 Å². The van der Waals surface area contributed by atoms with Gasteiger partial charge in [-0.1, -0.05) is 37.6 Å². The van der Waals surface area contributed by atoms with Crippen LogP contribution in [0.5, 0.6) is 11.5 Å². The molecule has 0 aromatic heterocycles. The highest BCUT2D eigenvalue weighted by Gasteiger charge is 2.20. The zero-order valence-electron chi connectivity index (χ0n) is 14.1. The topological polar surface area (TPSA) is 47.6 Å². The summed E-state index contributed by atoms with van der Waals surface area (Å²) in [5.41, 5.74) is 1.75. The number of carbonyl (C=O) groups excluding carboxylic acids is 1. The smallest absolute Gasteiger partial charge is 0.265 e. The summed E-state index contributed by atoms with van der Waals surface area (Å²) in [5, 5.41) is 3.35. The van der Waals surface area contributed by atoms with Crippen LogP contribution in [0.2, 0.25) is 5.02 Å². The van der Waals surface area contributed by atoms with Gasteiger partial charge in [-0.05, 0) is 48.7 Å². The molecule has 2 aromatic carbocycles. The maximum atomic E-state index is 12.5. The number of anilines is 1. The average molecular weight is 348 g/mol. The zero-order valence-corrected chi connectivity index (χ0v) is 14.9. The minimum atomic E-state index is -0.596. The summed E-state index contributed by atoms with van der Waals surface area (Å²) in [6, 6.07) is 12.8. The summed E-state index contributed by atoms with van der Waals surface area (Å²) in [6.45, 7) is 4.00. The molecule has 4 nitrogen and oxygen atoms in total. The van der Waals surface area contributed by atoms with Gasteiger partial charge in [0.1, 0.15) is 11.5 Å². The summed E-state index contributed by atoms with van der Waals surface area (Å²) in [4.78, 5) is 12.5. The van der Waals surface area contributed by atoms with E-state index in [9.17, 15) is 4.79 Å². The summed E-state index contributed by atoms with van der Waals surface area (Å²) in [6.07, 6.45) is 0.915. The minimum absolute atomic E-state index is 0.238. The van der Waals surface area contributed by atoms with Gasteiger partial charge in [0.15, 0.2) is 6.10 Å². The van der Waals surface area contributed by atoms with Crippen LogP contribution in [0.25, 0.3) is 0 Å². The van der Waals surface area contributed by atoms with Crippen LogP contribution in [-0.4, -0.2) is 19.1 Å². The highest BCUT2D eigenvalue weighted by molar-refractivity contribution is 6.31. The van der Waals surface area contributed by atoms with E-state index < -0.39 is 6.10 Å². The molecule has 1 amide bonds. The van der Waals surface area contributed by atoms with Gasteiger partial charge in [0.25, 0.3) is 5.91 Å². The Kier molecular flexibility index (Phi) is 6.50. The van der Waals surface area contributed by atoms with Crippen molar-refractivity contribution in [3.8, 4) is 11.5 Å². The monoisotopic (exact) mass is 347 g/mol. The highest BCUT2D eigenvalue weighted by Crippen LogP contribution is 2.28. The lowest BCUT2D eigenvalue weighted by atomic mass is 10.1. The van der Waals surface area contributed by atoms with E-state index in [1.165, 1.54) is 5.56 Å². The van der Waals surface area contributed by atoms with E-state index in [0.717, 1.165) is 6.42 Å². The fourth-order valence-electron chi connectivity index (χ4n) is 2.28. The molecule has 2 aromatic rings. The molecule has 0 radical (unpaired) electrons. The van der Waals surface area contributed by atoms with Gasteiger partial charge in [-0.2, -0.15) is 0 Å². The average Bonchev–Trinajstić information content (AvgIpc) is 2.60. The fraction of sp³-hybridized carbons (Fsp3) is 0.316. The van der Waals surface area contributed by atoms with E-state index >= 15 is 0 Å². The Bertz CT molecular complexity index is 686. The molecule has 0 aliphatic rings. The third-order valence-electron chi connectivity index (χ3n) is 3.69. The first-order valence-corrected chi connectivity index (χ1v) is 8.35. The van der Waals surface area contributed by atoms with Gasteiger partial charge in [-0.25, -0.2) is 0 Å². The molecule has 2 rings (SSSR count). The van der Waals surface area contributed by atoms with Gasteiger partial charge in [-0.3, -0.25) is 4.79 Å². The lowest BCUT2D eigenvalue weighted by Crippen LogP contribution is -2.32. The Labute approximate surface area is 147 Å². The molecule has 1 N–H and O–H groups in total. The summed E-state index contributed by atoms with van der Waals surface area (Å²) in [7, 11) is 1.54. The molecule has 0 fully saturated rings. The normalized spacial score (nSPS) is 11.7. The van der Waals surface area contributed by atoms with Crippen molar-refractivity contribution in [2.45, 2.75) is 32.8 Å². The second kappa shape index (κ2) is 8.60. The highest BCUT2D eigenvalue weighted by atomic mass is 35.5. The van der Waals surface area contributed by atoms with Gasteiger partial charge < -0.3 is 14.8 Å². The first-order chi connectivity index (χ1) is 11.6. The van der Waals surface area contributed by atoms with Crippen molar-refractivity contribution >= 4 is 23.2 Å². The number of benzene rings is 2. The number of ether oxygens (including phenoxy) is 2. The van der Waals surface area contributed by atoms with Crippen LogP contribution in [0.4, 0.5) is 5.69 Å².